The van der Waals surface area contributed by atoms with E-state index in [9.17, 15) is 9.59 Å². The largest absolute Gasteiger partial charge is 0.457 e. The maximum atomic E-state index is 12.1. The van der Waals surface area contributed by atoms with Gasteiger partial charge in [-0.3, -0.25) is 5.32 Å². The van der Waals surface area contributed by atoms with E-state index in [0.717, 1.165) is 17.7 Å². The van der Waals surface area contributed by atoms with Crippen LogP contribution >= 0.6 is 0 Å². The van der Waals surface area contributed by atoms with Crippen LogP contribution in [0.3, 0.4) is 0 Å². The molecule has 7 heteroatoms. The molecule has 1 N–H and O–H groups in total. The van der Waals surface area contributed by atoms with E-state index in [1.54, 1.807) is 17.2 Å². The first-order valence-corrected chi connectivity index (χ1v) is 8.25. The van der Waals surface area contributed by atoms with Crippen molar-refractivity contribution in [3.8, 4) is 0 Å². The summed E-state index contributed by atoms with van der Waals surface area (Å²) in [6.07, 6.45) is 4.68. The maximum absolute atomic E-state index is 12.1. The number of carbonyl (C=O) groups excluding carboxylic acids is 2. The van der Waals surface area contributed by atoms with Gasteiger partial charge in [0.1, 0.15) is 11.4 Å². The number of ether oxygens (including phenoxy) is 1. The van der Waals surface area contributed by atoms with Crippen LogP contribution in [0.15, 0.2) is 18.3 Å². The Morgan fingerprint density at radius 2 is 2.16 bits per heavy atom. The zero-order valence-corrected chi connectivity index (χ0v) is 15.5. The van der Waals surface area contributed by atoms with Crippen molar-refractivity contribution in [1.29, 1.82) is 0 Å². The summed E-state index contributed by atoms with van der Waals surface area (Å²) >= 11 is 0. The number of carbonyl (C=O) groups is 2. The lowest BCUT2D eigenvalue weighted by molar-refractivity contribution is -0.148. The fourth-order valence-corrected chi connectivity index (χ4v) is 2.31. The highest BCUT2D eigenvalue weighted by molar-refractivity contribution is 5.91. The van der Waals surface area contributed by atoms with Crippen molar-refractivity contribution >= 4 is 23.9 Å². The lowest BCUT2D eigenvalue weighted by atomic mass is 10.1. The Morgan fingerprint density at radius 3 is 2.80 bits per heavy atom. The quantitative estimate of drug-likeness (QED) is 0.654. The minimum Gasteiger partial charge on any atom is -0.457 e. The molecule has 2 heterocycles. The highest BCUT2D eigenvalue weighted by Gasteiger charge is 2.23. The summed E-state index contributed by atoms with van der Waals surface area (Å²) in [5.74, 6) is 0.173. The molecular formula is C18H26N4O3. The van der Waals surface area contributed by atoms with E-state index >= 15 is 0 Å². The highest BCUT2D eigenvalue weighted by atomic mass is 16.6. The van der Waals surface area contributed by atoms with Gasteiger partial charge in [0.2, 0.25) is 0 Å². The van der Waals surface area contributed by atoms with Gasteiger partial charge in [-0.2, -0.15) is 0 Å². The van der Waals surface area contributed by atoms with Crippen LogP contribution in [0.1, 0.15) is 31.9 Å². The number of likely N-dealkylation sites (N-methyl/N-ethyl adjacent to an activating group) is 1. The molecule has 0 spiro atoms. The summed E-state index contributed by atoms with van der Waals surface area (Å²) in [5, 5.41) is 2.80. The predicted octanol–water partition coefficient (Wildman–Crippen LogP) is 2.35. The van der Waals surface area contributed by atoms with Gasteiger partial charge in [0.05, 0.1) is 6.54 Å². The van der Waals surface area contributed by atoms with Crippen molar-refractivity contribution < 1.29 is 14.3 Å². The molecule has 0 saturated carbocycles. The van der Waals surface area contributed by atoms with Crippen molar-refractivity contribution in [3.05, 3.63) is 29.5 Å². The second kappa shape index (κ2) is 7.65. The normalized spacial score (nSPS) is 14.6. The van der Waals surface area contributed by atoms with Gasteiger partial charge in [0, 0.05) is 30.9 Å². The van der Waals surface area contributed by atoms with Crippen molar-refractivity contribution in [3.63, 3.8) is 0 Å². The monoisotopic (exact) mass is 346 g/mol. The number of fused-ring (bicyclic) bond motifs is 1. The molecule has 2 rings (SSSR count). The zero-order chi connectivity index (χ0) is 18.6. The van der Waals surface area contributed by atoms with Gasteiger partial charge in [-0.05, 0) is 52.6 Å². The van der Waals surface area contributed by atoms with Gasteiger partial charge < -0.3 is 14.5 Å². The number of anilines is 1. The number of hydrogen-bond acceptors (Lipinski definition) is 5. The molecule has 0 unspecified atom stereocenters. The van der Waals surface area contributed by atoms with Crippen LogP contribution in [0.25, 0.3) is 6.08 Å². The Kier molecular flexibility index (Phi) is 5.79. The van der Waals surface area contributed by atoms with Crippen molar-refractivity contribution in [2.45, 2.75) is 32.9 Å². The maximum Gasteiger partial charge on any atom is 0.331 e. The standard InChI is InChI=1S/C18H26N4O3/c1-18(2,3)25-15(23)7-6-13-10-14-12-22(9-8-21(4)5)17(24)20-16(14)19-11-13/h6-7,10-11H,8-9,12H2,1-5H3,(H,19,20,24). The molecule has 1 aliphatic rings. The molecule has 1 aliphatic heterocycles. The third kappa shape index (κ3) is 5.86. The van der Waals surface area contributed by atoms with Crippen LogP contribution in [-0.4, -0.2) is 59.6 Å². The Hall–Kier alpha value is -2.41. The molecule has 0 radical (unpaired) electrons. The van der Waals surface area contributed by atoms with Crippen molar-refractivity contribution in [2.75, 3.05) is 32.5 Å². The number of hydrogen-bond donors (Lipinski definition) is 1. The Morgan fingerprint density at radius 1 is 1.44 bits per heavy atom. The lowest BCUT2D eigenvalue weighted by Crippen LogP contribution is -2.42. The fraction of sp³-hybridized carbons (Fsp3) is 0.500. The molecule has 1 aromatic heterocycles. The van der Waals surface area contributed by atoms with E-state index in [-0.39, 0.29) is 6.03 Å². The second-order valence-corrected chi connectivity index (χ2v) is 7.30. The summed E-state index contributed by atoms with van der Waals surface area (Å²) < 4.78 is 5.24. The molecule has 0 bridgehead atoms. The number of esters is 1. The van der Waals surface area contributed by atoms with E-state index < -0.39 is 11.6 Å². The molecule has 2 amide bonds. The second-order valence-electron chi connectivity index (χ2n) is 7.30. The molecular weight excluding hydrogens is 320 g/mol. The molecule has 0 aliphatic carbocycles. The molecule has 7 nitrogen and oxygen atoms in total. The van der Waals surface area contributed by atoms with E-state index in [1.807, 2.05) is 45.8 Å². The average Bonchev–Trinajstić information content (AvgIpc) is 2.49. The number of rotatable bonds is 5. The van der Waals surface area contributed by atoms with Crippen LogP contribution in [0.5, 0.6) is 0 Å². The summed E-state index contributed by atoms with van der Waals surface area (Å²) in [7, 11) is 3.94. The first kappa shape index (κ1) is 18.9. The van der Waals surface area contributed by atoms with Gasteiger partial charge in [0.25, 0.3) is 0 Å². The number of pyridine rings is 1. The van der Waals surface area contributed by atoms with Gasteiger partial charge in [-0.25, -0.2) is 14.6 Å². The Bertz CT molecular complexity index is 677. The minimum absolute atomic E-state index is 0.140. The van der Waals surface area contributed by atoms with Gasteiger partial charge >= 0.3 is 12.0 Å². The van der Waals surface area contributed by atoms with Crippen molar-refractivity contribution in [1.82, 2.24) is 14.8 Å². The third-order valence-electron chi connectivity index (χ3n) is 3.50. The van der Waals surface area contributed by atoms with E-state index in [0.29, 0.717) is 18.9 Å². The summed E-state index contributed by atoms with van der Waals surface area (Å²) in [4.78, 5) is 31.9. The van der Waals surface area contributed by atoms with Gasteiger partial charge in [-0.1, -0.05) is 0 Å². The summed E-state index contributed by atoms with van der Waals surface area (Å²) in [6.45, 7) is 7.39. The smallest absolute Gasteiger partial charge is 0.331 e. The molecule has 0 atom stereocenters. The summed E-state index contributed by atoms with van der Waals surface area (Å²) in [6, 6.07) is 1.78. The number of nitrogens with one attached hydrogen (secondary N) is 1. The predicted molar refractivity (Wildman–Crippen MR) is 97.1 cm³/mol. The Labute approximate surface area is 148 Å². The lowest BCUT2D eigenvalue weighted by Gasteiger charge is -2.29. The molecule has 136 valence electrons. The molecule has 0 saturated heterocycles. The number of urea groups is 1. The first-order valence-electron chi connectivity index (χ1n) is 8.25. The number of amides is 2. The van der Waals surface area contributed by atoms with Crippen LogP contribution < -0.4 is 5.32 Å². The SMILES string of the molecule is CN(C)CCN1Cc2cc(C=CC(=O)OC(C)(C)C)cnc2NC1=O. The fourth-order valence-electron chi connectivity index (χ4n) is 2.31. The van der Waals surface area contributed by atoms with Crippen LogP contribution in [-0.2, 0) is 16.1 Å². The van der Waals surface area contributed by atoms with E-state index in [1.165, 1.54) is 6.08 Å². The first-order chi connectivity index (χ1) is 11.6. The number of aromatic nitrogens is 1. The van der Waals surface area contributed by atoms with E-state index in [2.05, 4.69) is 10.3 Å². The van der Waals surface area contributed by atoms with Crippen molar-refractivity contribution in [2.24, 2.45) is 0 Å². The topological polar surface area (TPSA) is 74.8 Å². The average molecular weight is 346 g/mol. The third-order valence-corrected chi connectivity index (χ3v) is 3.50. The van der Waals surface area contributed by atoms with Gasteiger partial charge in [0.15, 0.2) is 0 Å². The highest BCUT2D eigenvalue weighted by Crippen LogP contribution is 2.22. The van der Waals surface area contributed by atoms with E-state index in [4.69, 9.17) is 4.74 Å². The Balaban J connectivity index is 2.07. The minimum atomic E-state index is -0.521. The molecule has 0 aromatic carbocycles. The molecule has 25 heavy (non-hydrogen) atoms. The molecule has 1 aromatic rings. The summed E-state index contributed by atoms with van der Waals surface area (Å²) in [5.41, 5.74) is 1.19. The van der Waals surface area contributed by atoms with Crippen LogP contribution in [0, 0.1) is 0 Å². The molecule has 0 fully saturated rings. The van der Waals surface area contributed by atoms with Crippen LogP contribution in [0.4, 0.5) is 10.6 Å². The zero-order valence-electron chi connectivity index (χ0n) is 15.5. The number of nitrogens with zero attached hydrogens (tertiary/aromatic N) is 3. The van der Waals surface area contributed by atoms with Crippen LogP contribution in [0.2, 0.25) is 0 Å². The van der Waals surface area contributed by atoms with Gasteiger partial charge in [-0.15, -0.1) is 0 Å².